The Labute approximate surface area is 153 Å². The second-order valence-electron chi connectivity index (χ2n) is 6.84. The van der Waals surface area contributed by atoms with Gasteiger partial charge in [-0.2, -0.15) is 0 Å². The molecular weight excluding hydrogens is 330 g/mol. The van der Waals surface area contributed by atoms with E-state index in [-0.39, 0.29) is 11.5 Å². The van der Waals surface area contributed by atoms with Crippen LogP contribution in [0.2, 0.25) is 0 Å². The molecule has 7 nitrogen and oxygen atoms in total. The number of piperazine rings is 1. The van der Waals surface area contributed by atoms with Crippen LogP contribution in [0.25, 0.3) is 11.0 Å². The lowest BCUT2D eigenvalue weighted by atomic mass is 10.2. The van der Waals surface area contributed by atoms with E-state index in [2.05, 4.69) is 16.8 Å². The van der Waals surface area contributed by atoms with Crippen molar-refractivity contribution >= 4 is 22.8 Å². The Kier molecular flexibility index (Phi) is 5.56. The predicted octanol–water partition coefficient (Wildman–Crippen LogP) is 1.02. The molecule has 0 radical (unpaired) electrons. The third-order valence-electron chi connectivity index (χ3n) is 4.98. The fraction of sp³-hybridized carbons (Fsp3) is 0.526. The summed E-state index contributed by atoms with van der Waals surface area (Å²) < 4.78 is 1.68. The van der Waals surface area contributed by atoms with Gasteiger partial charge in [-0.15, -0.1) is 0 Å². The van der Waals surface area contributed by atoms with E-state index in [1.54, 1.807) is 23.6 Å². The number of hydrogen-bond donors (Lipinski definition) is 0. The molecule has 1 aliphatic heterocycles. The number of aromatic nitrogens is 2. The molecule has 0 atom stereocenters. The topological polar surface area (TPSA) is 61.7 Å². The van der Waals surface area contributed by atoms with Gasteiger partial charge in [0.25, 0.3) is 5.56 Å². The second-order valence-corrected chi connectivity index (χ2v) is 6.84. The molecule has 0 unspecified atom stereocenters. The molecule has 1 amide bonds. The van der Waals surface area contributed by atoms with Crippen LogP contribution in [-0.4, -0.2) is 72.1 Å². The summed E-state index contributed by atoms with van der Waals surface area (Å²) in [5.74, 6) is 0.507. The summed E-state index contributed by atoms with van der Waals surface area (Å²) in [6.07, 6.45) is 0.326. The number of benzene rings is 1. The molecule has 0 saturated carbocycles. The molecular formula is C19H27N5O2. The van der Waals surface area contributed by atoms with Gasteiger partial charge in [0.05, 0.1) is 11.0 Å². The molecule has 26 heavy (non-hydrogen) atoms. The van der Waals surface area contributed by atoms with Gasteiger partial charge in [0.2, 0.25) is 5.91 Å². The lowest BCUT2D eigenvalue weighted by molar-refractivity contribution is -0.133. The van der Waals surface area contributed by atoms with Gasteiger partial charge >= 0.3 is 0 Å². The fourth-order valence-corrected chi connectivity index (χ4v) is 3.37. The van der Waals surface area contributed by atoms with E-state index in [0.29, 0.717) is 18.8 Å². The van der Waals surface area contributed by atoms with Gasteiger partial charge in [-0.1, -0.05) is 19.1 Å². The highest BCUT2D eigenvalue weighted by molar-refractivity contribution is 5.78. The molecule has 3 rings (SSSR count). The average Bonchev–Trinajstić information content (AvgIpc) is 2.66. The Balaban J connectivity index is 1.79. The van der Waals surface area contributed by atoms with Crippen molar-refractivity contribution in [2.45, 2.75) is 19.9 Å². The van der Waals surface area contributed by atoms with Crippen LogP contribution in [0.15, 0.2) is 29.1 Å². The zero-order valence-electron chi connectivity index (χ0n) is 15.8. The normalized spacial score (nSPS) is 15.4. The number of carbonyl (C=O) groups is 1. The summed E-state index contributed by atoms with van der Waals surface area (Å²) in [6, 6.07) is 7.57. The molecule has 2 heterocycles. The van der Waals surface area contributed by atoms with Crippen molar-refractivity contribution in [3.63, 3.8) is 0 Å². The predicted molar refractivity (Wildman–Crippen MR) is 104 cm³/mol. The van der Waals surface area contributed by atoms with Crippen molar-refractivity contribution in [1.82, 2.24) is 19.4 Å². The number of nitrogens with zero attached hydrogens (tertiary/aromatic N) is 5. The lowest BCUT2D eigenvalue weighted by Gasteiger charge is -2.34. The van der Waals surface area contributed by atoms with Crippen molar-refractivity contribution in [2.24, 2.45) is 0 Å². The Morgan fingerprint density at radius 1 is 1.15 bits per heavy atom. The number of fused-ring (bicyclic) bond motifs is 1. The van der Waals surface area contributed by atoms with Crippen molar-refractivity contribution in [3.8, 4) is 0 Å². The molecule has 0 aliphatic carbocycles. The van der Waals surface area contributed by atoms with E-state index in [1.807, 2.05) is 29.2 Å². The lowest BCUT2D eigenvalue weighted by Crippen LogP contribution is -2.48. The second kappa shape index (κ2) is 7.86. The summed E-state index contributed by atoms with van der Waals surface area (Å²) >= 11 is 0. The summed E-state index contributed by atoms with van der Waals surface area (Å²) in [5.41, 5.74) is 1.38. The summed E-state index contributed by atoms with van der Waals surface area (Å²) in [5, 5.41) is 0. The Bertz CT molecular complexity index is 837. The van der Waals surface area contributed by atoms with E-state index < -0.39 is 0 Å². The maximum atomic E-state index is 12.8. The highest BCUT2D eigenvalue weighted by atomic mass is 16.2. The smallest absolute Gasteiger partial charge is 0.293 e. The van der Waals surface area contributed by atoms with Crippen molar-refractivity contribution in [2.75, 3.05) is 51.7 Å². The molecule has 1 saturated heterocycles. The Hall–Kier alpha value is -2.41. The number of carbonyl (C=O) groups excluding carboxylic acids is 1. The molecule has 0 spiro atoms. The maximum absolute atomic E-state index is 12.8. The maximum Gasteiger partial charge on any atom is 0.293 e. The molecule has 0 N–H and O–H groups in total. The van der Waals surface area contributed by atoms with Crippen LogP contribution in [0, 0.1) is 0 Å². The summed E-state index contributed by atoms with van der Waals surface area (Å²) in [4.78, 5) is 35.9. The van der Waals surface area contributed by atoms with Crippen molar-refractivity contribution in [3.05, 3.63) is 34.6 Å². The first kappa shape index (κ1) is 18.4. The number of rotatable bonds is 5. The number of para-hydroxylation sites is 2. The van der Waals surface area contributed by atoms with Gasteiger partial charge in [-0.3, -0.25) is 9.59 Å². The summed E-state index contributed by atoms with van der Waals surface area (Å²) in [6.45, 7) is 6.91. The highest BCUT2D eigenvalue weighted by Gasteiger charge is 2.20. The molecule has 1 aromatic carbocycles. The van der Waals surface area contributed by atoms with Crippen LogP contribution >= 0.6 is 0 Å². The zero-order valence-corrected chi connectivity index (χ0v) is 15.8. The van der Waals surface area contributed by atoms with Gasteiger partial charge < -0.3 is 19.3 Å². The van der Waals surface area contributed by atoms with Gasteiger partial charge in [-0.05, 0) is 18.7 Å². The molecule has 0 bridgehead atoms. The monoisotopic (exact) mass is 357 g/mol. The van der Waals surface area contributed by atoms with Crippen LogP contribution in [0.4, 0.5) is 5.82 Å². The van der Waals surface area contributed by atoms with E-state index in [1.165, 1.54) is 0 Å². The van der Waals surface area contributed by atoms with Crippen molar-refractivity contribution < 1.29 is 4.79 Å². The van der Waals surface area contributed by atoms with Crippen molar-refractivity contribution in [1.29, 1.82) is 0 Å². The summed E-state index contributed by atoms with van der Waals surface area (Å²) in [7, 11) is 3.61. The van der Waals surface area contributed by atoms with Gasteiger partial charge in [0.15, 0.2) is 5.82 Å². The number of amides is 1. The van der Waals surface area contributed by atoms with Crippen LogP contribution in [0.3, 0.4) is 0 Å². The Morgan fingerprint density at radius 2 is 1.85 bits per heavy atom. The van der Waals surface area contributed by atoms with E-state index in [4.69, 9.17) is 0 Å². The first-order valence-corrected chi connectivity index (χ1v) is 9.18. The van der Waals surface area contributed by atoms with Crippen LogP contribution < -0.4 is 10.5 Å². The van der Waals surface area contributed by atoms with Crippen LogP contribution in [-0.2, 0) is 11.3 Å². The highest BCUT2D eigenvalue weighted by Crippen LogP contribution is 2.14. The number of likely N-dealkylation sites (N-methyl/N-ethyl adjacent to an activating group) is 1. The third kappa shape index (κ3) is 3.72. The zero-order chi connectivity index (χ0) is 18.7. The Morgan fingerprint density at radius 3 is 2.50 bits per heavy atom. The number of aryl methyl sites for hydroxylation is 1. The van der Waals surface area contributed by atoms with Gasteiger partial charge in [0.1, 0.15) is 0 Å². The molecule has 1 aliphatic rings. The quantitative estimate of drug-likeness (QED) is 0.799. The SMILES string of the molecule is CCN1CCN(C(=O)CCn2c(=O)c(N(C)C)nc3ccccc32)CC1. The number of anilines is 1. The van der Waals surface area contributed by atoms with Gasteiger partial charge in [0, 0.05) is 53.2 Å². The van der Waals surface area contributed by atoms with E-state index in [0.717, 1.165) is 43.8 Å². The van der Waals surface area contributed by atoms with E-state index in [9.17, 15) is 9.59 Å². The average molecular weight is 357 g/mol. The first-order chi connectivity index (χ1) is 12.5. The largest absolute Gasteiger partial charge is 0.358 e. The van der Waals surface area contributed by atoms with Crippen LogP contribution in [0.5, 0.6) is 0 Å². The minimum atomic E-state index is -0.155. The minimum Gasteiger partial charge on any atom is -0.358 e. The van der Waals surface area contributed by atoms with E-state index >= 15 is 0 Å². The fourth-order valence-electron chi connectivity index (χ4n) is 3.37. The third-order valence-corrected chi connectivity index (χ3v) is 4.98. The molecule has 1 aromatic heterocycles. The molecule has 1 fully saturated rings. The molecule has 7 heteroatoms. The minimum absolute atomic E-state index is 0.111. The molecule has 140 valence electrons. The molecule has 2 aromatic rings. The number of hydrogen-bond acceptors (Lipinski definition) is 5. The standard InChI is InChI=1S/C19H27N5O2/c1-4-22-11-13-23(14-12-22)17(25)9-10-24-16-8-6-5-7-15(16)20-18(19(24)26)21(2)3/h5-8H,4,9-14H2,1-3H3. The van der Waals surface area contributed by atoms with Crippen LogP contribution in [0.1, 0.15) is 13.3 Å². The first-order valence-electron chi connectivity index (χ1n) is 9.18. The van der Waals surface area contributed by atoms with Gasteiger partial charge in [-0.25, -0.2) is 4.98 Å².